The number of azo groups is 1. The minimum Gasteiger partial charge on any atom is -0.501 e. The van der Waals surface area contributed by atoms with E-state index in [2.05, 4.69) is 51.8 Å². The van der Waals surface area contributed by atoms with Crippen molar-refractivity contribution in [1.29, 1.82) is 0 Å². The van der Waals surface area contributed by atoms with Gasteiger partial charge in [-0.1, -0.05) is 51.8 Å². The minimum atomic E-state index is -2.31. The average Bonchev–Trinajstić information content (AvgIpc) is 2.95. The fourth-order valence-electron chi connectivity index (χ4n) is 4.07. The van der Waals surface area contributed by atoms with Gasteiger partial charge in [-0.25, -0.2) is 9.59 Å². The Kier molecular flexibility index (Phi) is 9.47. The van der Waals surface area contributed by atoms with Crippen molar-refractivity contribution in [2.24, 2.45) is 28.0 Å². The second-order valence-corrected chi connectivity index (χ2v) is 12.6. The van der Waals surface area contributed by atoms with Gasteiger partial charge in [-0.15, -0.1) is 0 Å². The van der Waals surface area contributed by atoms with Crippen molar-refractivity contribution in [3.8, 4) is 0 Å². The van der Waals surface area contributed by atoms with Gasteiger partial charge < -0.3 is 9.16 Å². The molecule has 150 valence electrons. The van der Waals surface area contributed by atoms with Crippen molar-refractivity contribution in [2.75, 3.05) is 0 Å². The summed E-state index contributed by atoms with van der Waals surface area (Å²) in [5.41, 5.74) is 0. The van der Waals surface area contributed by atoms with Crippen LogP contribution in [0.3, 0.4) is 0 Å². The van der Waals surface area contributed by atoms with E-state index in [9.17, 15) is 9.59 Å². The second kappa shape index (κ2) is 10.8. The maximum Gasteiger partial charge on any atom is 0.452 e. The topological polar surface area (TPSA) is 77.3 Å². The van der Waals surface area contributed by atoms with Gasteiger partial charge in [-0.3, -0.25) is 0 Å². The molecule has 0 unspecified atom stereocenters. The molecule has 1 rings (SSSR count). The SMILES string of the molecule is CC(C)C[Si](CC(C)C)(CC(C)C)OC(=O)N=NC(=O)OC1CCCC1. The molecule has 0 N–H and O–H groups in total. The zero-order valence-corrected chi connectivity index (χ0v) is 18.3. The zero-order valence-electron chi connectivity index (χ0n) is 17.3. The lowest BCUT2D eigenvalue weighted by molar-refractivity contribution is 0.108. The van der Waals surface area contributed by atoms with Crippen LogP contribution in [-0.2, 0) is 9.16 Å². The van der Waals surface area contributed by atoms with E-state index in [4.69, 9.17) is 9.16 Å². The number of hydrogen-bond acceptors (Lipinski definition) is 4. The van der Waals surface area contributed by atoms with Crippen LogP contribution in [0.5, 0.6) is 0 Å². The average molecular weight is 385 g/mol. The van der Waals surface area contributed by atoms with E-state index in [-0.39, 0.29) is 6.10 Å². The third kappa shape index (κ3) is 8.92. The van der Waals surface area contributed by atoms with Crippen LogP contribution in [0.25, 0.3) is 0 Å². The Morgan fingerprint density at radius 3 is 1.69 bits per heavy atom. The molecule has 0 aromatic rings. The first-order valence-electron chi connectivity index (χ1n) is 9.97. The van der Waals surface area contributed by atoms with Gasteiger partial charge in [0, 0.05) is 0 Å². The molecule has 2 amide bonds. The van der Waals surface area contributed by atoms with Crippen molar-refractivity contribution in [3.05, 3.63) is 0 Å². The quantitative estimate of drug-likeness (QED) is 0.350. The van der Waals surface area contributed by atoms with Gasteiger partial charge in [0.15, 0.2) is 0 Å². The molecule has 0 spiro atoms. The van der Waals surface area contributed by atoms with E-state index >= 15 is 0 Å². The number of nitrogens with zero attached hydrogens (tertiary/aromatic N) is 2. The molecule has 0 heterocycles. The van der Waals surface area contributed by atoms with Crippen molar-refractivity contribution < 1.29 is 18.8 Å². The molecule has 0 aliphatic heterocycles. The molecular weight excluding hydrogens is 348 g/mol. The van der Waals surface area contributed by atoms with Crippen molar-refractivity contribution >= 4 is 20.5 Å². The highest BCUT2D eigenvalue weighted by atomic mass is 28.4. The number of carbonyl (C=O) groups is 2. The molecule has 0 radical (unpaired) electrons. The zero-order chi connectivity index (χ0) is 19.7. The first-order chi connectivity index (χ1) is 12.1. The van der Waals surface area contributed by atoms with Crippen LogP contribution >= 0.6 is 0 Å². The lowest BCUT2D eigenvalue weighted by Gasteiger charge is -2.34. The molecule has 1 fully saturated rings. The smallest absolute Gasteiger partial charge is 0.452 e. The van der Waals surface area contributed by atoms with Gasteiger partial charge in [0.1, 0.15) is 6.10 Å². The van der Waals surface area contributed by atoms with E-state index in [0.717, 1.165) is 43.8 Å². The van der Waals surface area contributed by atoms with E-state index in [1.54, 1.807) is 0 Å². The van der Waals surface area contributed by atoms with Crippen LogP contribution < -0.4 is 0 Å². The lowest BCUT2D eigenvalue weighted by atomic mass is 10.2. The van der Waals surface area contributed by atoms with Crippen LogP contribution in [0, 0.1) is 17.8 Å². The molecule has 6 nitrogen and oxygen atoms in total. The Labute approximate surface area is 159 Å². The summed E-state index contributed by atoms with van der Waals surface area (Å²) in [5.74, 6) is 1.32. The summed E-state index contributed by atoms with van der Waals surface area (Å²) in [6.45, 7) is 12.9. The van der Waals surface area contributed by atoms with E-state index < -0.39 is 20.5 Å². The Morgan fingerprint density at radius 2 is 1.27 bits per heavy atom. The minimum absolute atomic E-state index is 0.0891. The van der Waals surface area contributed by atoms with Crippen LogP contribution in [0.4, 0.5) is 9.59 Å². The van der Waals surface area contributed by atoms with E-state index in [1.807, 2.05) is 0 Å². The highest BCUT2D eigenvalue weighted by molar-refractivity contribution is 6.75. The summed E-state index contributed by atoms with van der Waals surface area (Å²) >= 11 is 0. The van der Waals surface area contributed by atoms with E-state index in [1.165, 1.54) is 0 Å². The van der Waals surface area contributed by atoms with Gasteiger partial charge in [-0.2, -0.15) is 0 Å². The molecule has 0 atom stereocenters. The standard InChI is InChI=1S/C19H36N2O4Si/c1-14(2)11-26(12-15(3)4,13-16(5)6)25-19(23)21-20-18(22)24-17-9-7-8-10-17/h14-17H,7-13H2,1-6H3. The third-order valence-electron chi connectivity index (χ3n) is 4.43. The molecule has 0 bridgehead atoms. The molecule has 0 saturated heterocycles. The summed E-state index contributed by atoms with van der Waals surface area (Å²) in [6, 6.07) is 2.70. The summed E-state index contributed by atoms with van der Waals surface area (Å²) in [6.07, 6.45) is 2.21. The fraction of sp³-hybridized carbons (Fsp3) is 0.895. The number of rotatable bonds is 8. The third-order valence-corrected chi connectivity index (χ3v) is 9.72. The van der Waals surface area contributed by atoms with E-state index in [0.29, 0.717) is 17.8 Å². The highest BCUT2D eigenvalue weighted by Gasteiger charge is 2.40. The van der Waals surface area contributed by atoms with Gasteiger partial charge in [-0.05, 0) is 61.6 Å². The predicted molar refractivity (Wildman–Crippen MR) is 105 cm³/mol. The number of carbonyl (C=O) groups excluding carboxylic acids is 2. The Bertz CT molecular complexity index is 459. The van der Waals surface area contributed by atoms with Crippen molar-refractivity contribution in [3.63, 3.8) is 0 Å². The molecule has 7 heteroatoms. The van der Waals surface area contributed by atoms with Gasteiger partial charge in [0.05, 0.1) is 0 Å². The van der Waals surface area contributed by atoms with Crippen LogP contribution in [0.15, 0.2) is 10.2 Å². The molecule has 1 aliphatic rings. The summed E-state index contributed by atoms with van der Waals surface area (Å²) in [5, 5.41) is 6.92. The first kappa shape index (κ1) is 22.8. The summed E-state index contributed by atoms with van der Waals surface area (Å²) in [4.78, 5) is 24.0. The number of amides is 2. The Hall–Kier alpha value is -1.24. The van der Waals surface area contributed by atoms with Crippen LogP contribution in [-0.4, -0.2) is 26.6 Å². The second-order valence-electron chi connectivity index (χ2n) is 8.84. The monoisotopic (exact) mass is 384 g/mol. The number of hydrogen-bond donors (Lipinski definition) is 0. The Morgan fingerprint density at radius 1 is 0.846 bits per heavy atom. The van der Waals surface area contributed by atoms with Crippen molar-refractivity contribution in [2.45, 2.75) is 91.5 Å². The fourth-order valence-corrected chi connectivity index (χ4v) is 9.69. The number of ether oxygens (including phenoxy) is 1. The molecule has 26 heavy (non-hydrogen) atoms. The summed E-state index contributed by atoms with van der Waals surface area (Å²) in [7, 11) is -2.31. The normalized spacial score (nSPS) is 16.2. The molecule has 0 aromatic heterocycles. The van der Waals surface area contributed by atoms with Gasteiger partial charge in [0.25, 0.3) is 8.32 Å². The molecule has 1 saturated carbocycles. The van der Waals surface area contributed by atoms with Crippen LogP contribution in [0.2, 0.25) is 18.1 Å². The maximum atomic E-state index is 12.3. The Balaban J connectivity index is 2.74. The van der Waals surface area contributed by atoms with Gasteiger partial charge >= 0.3 is 12.2 Å². The molecule has 0 aromatic carbocycles. The van der Waals surface area contributed by atoms with Crippen LogP contribution in [0.1, 0.15) is 67.2 Å². The highest BCUT2D eigenvalue weighted by Crippen LogP contribution is 2.33. The maximum absolute atomic E-state index is 12.3. The first-order valence-corrected chi connectivity index (χ1v) is 12.5. The van der Waals surface area contributed by atoms with Crippen molar-refractivity contribution in [1.82, 2.24) is 0 Å². The molecule has 1 aliphatic carbocycles. The van der Waals surface area contributed by atoms with Gasteiger partial charge in [0.2, 0.25) is 0 Å². The predicted octanol–water partition coefficient (Wildman–Crippen LogP) is 6.57. The lowest BCUT2D eigenvalue weighted by Crippen LogP contribution is -2.43. The summed E-state index contributed by atoms with van der Waals surface area (Å²) < 4.78 is 11.1. The largest absolute Gasteiger partial charge is 0.501 e. The molecular formula is C19H36N2O4Si.